The van der Waals surface area contributed by atoms with Crippen molar-refractivity contribution in [2.45, 2.75) is 13.3 Å². The summed E-state index contributed by atoms with van der Waals surface area (Å²) in [7, 11) is 0. The highest BCUT2D eigenvalue weighted by Crippen LogP contribution is 2.13. The molecule has 1 heterocycles. The molecule has 0 radical (unpaired) electrons. The van der Waals surface area contributed by atoms with Crippen LogP contribution in [0.15, 0.2) is 33.2 Å². The minimum absolute atomic E-state index is 0.164. The van der Waals surface area contributed by atoms with Crippen molar-refractivity contribution in [1.82, 2.24) is 10.4 Å². The molecule has 0 bridgehead atoms. The molecule has 0 aliphatic heterocycles. The first-order chi connectivity index (χ1) is 9.54. The molecule has 0 aliphatic rings. The SMILES string of the molecule is Cc1csc(CC(=O)NN=Cc2cc(Br)ccc2F)n1. The van der Waals surface area contributed by atoms with Crippen molar-refractivity contribution in [2.75, 3.05) is 0 Å². The molecule has 1 aromatic heterocycles. The summed E-state index contributed by atoms with van der Waals surface area (Å²) in [6.07, 6.45) is 1.43. The second-order valence-corrected chi connectivity index (χ2v) is 5.88. The lowest BCUT2D eigenvalue weighted by molar-refractivity contribution is -0.120. The smallest absolute Gasteiger partial charge is 0.246 e. The van der Waals surface area contributed by atoms with E-state index in [1.807, 2.05) is 12.3 Å². The number of nitrogens with zero attached hydrogens (tertiary/aromatic N) is 2. The molecule has 0 aliphatic carbocycles. The van der Waals surface area contributed by atoms with E-state index in [-0.39, 0.29) is 12.3 Å². The molecule has 104 valence electrons. The highest BCUT2D eigenvalue weighted by Gasteiger charge is 2.05. The Morgan fingerprint density at radius 1 is 1.60 bits per heavy atom. The van der Waals surface area contributed by atoms with Crippen LogP contribution in [0.25, 0.3) is 0 Å². The number of thiazole rings is 1. The first-order valence-corrected chi connectivity index (χ1v) is 7.40. The van der Waals surface area contributed by atoms with Gasteiger partial charge >= 0.3 is 0 Å². The lowest BCUT2D eigenvalue weighted by Gasteiger charge is -1.99. The van der Waals surface area contributed by atoms with Gasteiger partial charge in [-0.3, -0.25) is 4.79 Å². The Hall–Kier alpha value is -1.60. The van der Waals surface area contributed by atoms with Crippen LogP contribution in [0.3, 0.4) is 0 Å². The lowest BCUT2D eigenvalue weighted by Crippen LogP contribution is -2.19. The molecule has 0 fully saturated rings. The molecule has 1 N–H and O–H groups in total. The topological polar surface area (TPSA) is 54.4 Å². The highest BCUT2D eigenvalue weighted by atomic mass is 79.9. The average molecular weight is 356 g/mol. The van der Waals surface area contributed by atoms with E-state index >= 15 is 0 Å². The Morgan fingerprint density at radius 3 is 3.10 bits per heavy atom. The molecule has 0 saturated heterocycles. The summed E-state index contributed by atoms with van der Waals surface area (Å²) in [5.41, 5.74) is 3.53. The first-order valence-electron chi connectivity index (χ1n) is 5.72. The van der Waals surface area contributed by atoms with Gasteiger partial charge in [-0.15, -0.1) is 11.3 Å². The number of benzene rings is 1. The third-order valence-electron chi connectivity index (χ3n) is 2.33. The van der Waals surface area contributed by atoms with Gasteiger partial charge in [-0.05, 0) is 25.1 Å². The number of aromatic nitrogens is 1. The van der Waals surface area contributed by atoms with Crippen LogP contribution in [-0.2, 0) is 11.2 Å². The predicted molar refractivity (Wildman–Crippen MR) is 80.4 cm³/mol. The summed E-state index contributed by atoms with van der Waals surface area (Å²) in [6, 6.07) is 4.50. The number of carbonyl (C=O) groups is 1. The monoisotopic (exact) mass is 355 g/mol. The van der Waals surface area contributed by atoms with E-state index in [4.69, 9.17) is 0 Å². The van der Waals surface area contributed by atoms with Crippen LogP contribution in [0, 0.1) is 12.7 Å². The van der Waals surface area contributed by atoms with Crippen LogP contribution >= 0.6 is 27.3 Å². The highest BCUT2D eigenvalue weighted by molar-refractivity contribution is 9.10. The van der Waals surface area contributed by atoms with Crippen molar-refractivity contribution in [3.8, 4) is 0 Å². The van der Waals surface area contributed by atoms with Crippen molar-refractivity contribution in [1.29, 1.82) is 0 Å². The number of nitrogens with one attached hydrogen (secondary N) is 1. The average Bonchev–Trinajstić information content (AvgIpc) is 2.79. The maximum absolute atomic E-state index is 13.4. The maximum Gasteiger partial charge on any atom is 0.246 e. The van der Waals surface area contributed by atoms with E-state index in [1.54, 1.807) is 12.1 Å². The Balaban J connectivity index is 1.92. The van der Waals surface area contributed by atoms with Crippen LogP contribution in [0.2, 0.25) is 0 Å². The van der Waals surface area contributed by atoms with E-state index in [0.29, 0.717) is 5.56 Å². The molecule has 2 aromatic rings. The summed E-state index contributed by atoms with van der Waals surface area (Å²) >= 11 is 4.66. The summed E-state index contributed by atoms with van der Waals surface area (Å²) in [6.45, 7) is 1.87. The Morgan fingerprint density at radius 2 is 2.40 bits per heavy atom. The van der Waals surface area contributed by atoms with Crippen LogP contribution in [0.5, 0.6) is 0 Å². The number of rotatable bonds is 4. The van der Waals surface area contributed by atoms with Gasteiger partial charge in [0.25, 0.3) is 0 Å². The summed E-state index contributed by atoms with van der Waals surface area (Å²) in [5.74, 6) is -0.687. The molecule has 1 aromatic carbocycles. The van der Waals surface area contributed by atoms with Gasteiger partial charge in [-0.2, -0.15) is 5.10 Å². The maximum atomic E-state index is 13.4. The molecular weight excluding hydrogens is 345 g/mol. The fraction of sp³-hybridized carbons (Fsp3) is 0.154. The second kappa shape index (κ2) is 6.71. The predicted octanol–water partition coefficient (Wildman–Crippen LogP) is 3.05. The number of hydrazone groups is 1. The second-order valence-electron chi connectivity index (χ2n) is 4.02. The molecule has 4 nitrogen and oxygen atoms in total. The van der Waals surface area contributed by atoms with E-state index in [0.717, 1.165) is 15.2 Å². The normalized spacial score (nSPS) is 10.9. The summed E-state index contributed by atoms with van der Waals surface area (Å²) in [4.78, 5) is 15.8. The van der Waals surface area contributed by atoms with Gasteiger partial charge < -0.3 is 0 Å². The zero-order valence-corrected chi connectivity index (χ0v) is 13.0. The number of hydrogen-bond donors (Lipinski definition) is 1. The van der Waals surface area contributed by atoms with Crippen molar-refractivity contribution < 1.29 is 9.18 Å². The third kappa shape index (κ3) is 4.21. The minimum atomic E-state index is -0.401. The van der Waals surface area contributed by atoms with Crippen LogP contribution in [0.4, 0.5) is 4.39 Å². The van der Waals surface area contributed by atoms with Gasteiger partial charge in [0.05, 0.1) is 12.6 Å². The van der Waals surface area contributed by atoms with E-state index in [2.05, 4.69) is 31.4 Å². The number of aryl methyl sites for hydroxylation is 1. The van der Waals surface area contributed by atoms with Gasteiger partial charge in [-0.1, -0.05) is 15.9 Å². The van der Waals surface area contributed by atoms with Crippen molar-refractivity contribution >= 4 is 39.4 Å². The molecule has 2 rings (SSSR count). The minimum Gasteiger partial charge on any atom is -0.273 e. The Bertz CT molecular complexity index is 657. The largest absolute Gasteiger partial charge is 0.273 e. The van der Waals surface area contributed by atoms with Crippen molar-refractivity contribution in [3.05, 3.63) is 50.1 Å². The molecule has 7 heteroatoms. The van der Waals surface area contributed by atoms with Crippen molar-refractivity contribution in [3.63, 3.8) is 0 Å². The summed E-state index contributed by atoms with van der Waals surface area (Å²) < 4.78 is 14.2. The molecule has 0 spiro atoms. The van der Waals surface area contributed by atoms with E-state index in [1.165, 1.54) is 23.6 Å². The molecule has 1 amide bonds. The van der Waals surface area contributed by atoms with Crippen LogP contribution in [-0.4, -0.2) is 17.1 Å². The molecule has 0 unspecified atom stereocenters. The summed E-state index contributed by atoms with van der Waals surface area (Å²) in [5, 5.41) is 6.34. The fourth-order valence-corrected chi connectivity index (χ4v) is 2.60. The fourth-order valence-electron chi connectivity index (χ4n) is 1.45. The Labute approximate surface area is 127 Å². The van der Waals surface area contributed by atoms with Gasteiger partial charge in [0.2, 0.25) is 5.91 Å². The number of amides is 1. The van der Waals surface area contributed by atoms with Gasteiger partial charge in [0.1, 0.15) is 10.8 Å². The molecular formula is C13H11BrFN3OS. The van der Waals surface area contributed by atoms with Crippen LogP contribution in [0.1, 0.15) is 16.3 Å². The van der Waals surface area contributed by atoms with E-state index < -0.39 is 5.82 Å². The zero-order chi connectivity index (χ0) is 14.5. The number of hydrogen-bond acceptors (Lipinski definition) is 4. The first kappa shape index (κ1) is 14.8. The van der Waals surface area contributed by atoms with Crippen molar-refractivity contribution in [2.24, 2.45) is 5.10 Å². The Kier molecular flexibility index (Phi) is 4.97. The number of carbonyl (C=O) groups excluding carboxylic acids is 1. The van der Waals surface area contributed by atoms with E-state index in [9.17, 15) is 9.18 Å². The van der Waals surface area contributed by atoms with Gasteiger partial charge in [-0.25, -0.2) is 14.8 Å². The lowest BCUT2D eigenvalue weighted by atomic mass is 10.2. The molecule has 0 atom stereocenters. The zero-order valence-electron chi connectivity index (χ0n) is 10.6. The third-order valence-corrected chi connectivity index (χ3v) is 3.79. The van der Waals surface area contributed by atoms with Gasteiger partial charge in [0.15, 0.2) is 0 Å². The molecule has 20 heavy (non-hydrogen) atoms. The number of halogens is 2. The molecule has 0 saturated carbocycles. The quantitative estimate of drug-likeness (QED) is 0.676. The van der Waals surface area contributed by atoms with Gasteiger partial charge in [0, 0.05) is 21.1 Å². The van der Waals surface area contributed by atoms with Crippen LogP contribution < -0.4 is 5.43 Å². The standard InChI is InChI=1S/C13H11BrFN3OS/c1-8-7-20-13(17-8)5-12(19)18-16-6-9-4-10(14)2-3-11(9)15/h2-4,6-7H,5H2,1H3,(H,18,19).